The zero-order valence-electron chi connectivity index (χ0n) is 14.9. The maximum atomic E-state index is 4.54. The first-order valence-corrected chi connectivity index (χ1v) is 9.81. The van der Waals surface area contributed by atoms with Gasteiger partial charge in [-0.3, -0.25) is 5.43 Å². The summed E-state index contributed by atoms with van der Waals surface area (Å²) >= 11 is 1.60. The number of fused-ring (bicyclic) bond motifs is 4. The summed E-state index contributed by atoms with van der Waals surface area (Å²) in [7, 11) is 0. The average Bonchev–Trinajstić information content (AvgIpc) is 3.26. The topological polar surface area (TPSA) is 42.2 Å². The average molecular weight is 370 g/mol. The lowest BCUT2D eigenvalue weighted by Crippen LogP contribution is -1.93. The Balaban J connectivity index is 1.48. The number of rotatable bonds is 4. The van der Waals surface area contributed by atoms with Gasteiger partial charge in [-0.1, -0.05) is 47.7 Å². The van der Waals surface area contributed by atoms with E-state index in [1.54, 1.807) is 11.3 Å². The number of hydrogen-bond donors (Lipinski definition) is 1. The second-order valence-corrected chi connectivity index (χ2v) is 7.43. The maximum absolute atomic E-state index is 4.54. The first-order valence-electron chi connectivity index (χ1n) is 8.99. The van der Waals surface area contributed by atoms with E-state index in [4.69, 9.17) is 0 Å². The third-order valence-electron chi connectivity index (χ3n) is 4.78. The lowest BCUT2D eigenvalue weighted by molar-refractivity contribution is 0.827. The van der Waals surface area contributed by atoms with Gasteiger partial charge in [0.15, 0.2) is 0 Å². The highest BCUT2D eigenvalue weighted by molar-refractivity contribution is 7.22. The summed E-state index contributed by atoms with van der Waals surface area (Å²) in [6.07, 6.45) is 1.85. The number of nitrogens with zero attached hydrogens (tertiary/aromatic N) is 3. The predicted octanol–water partition coefficient (Wildman–Crippen LogP) is 5.87. The van der Waals surface area contributed by atoms with Crippen molar-refractivity contribution >= 4 is 54.7 Å². The summed E-state index contributed by atoms with van der Waals surface area (Å²) in [6.45, 7) is 3.14. The van der Waals surface area contributed by atoms with Gasteiger partial charge in [0.25, 0.3) is 0 Å². The van der Waals surface area contributed by atoms with Crippen LogP contribution in [0.5, 0.6) is 0 Å². The monoisotopic (exact) mass is 370 g/mol. The molecule has 0 fully saturated rings. The van der Waals surface area contributed by atoms with Crippen LogP contribution in [0.15, 0.2) is 71.8 Å². The van der Waals surface area contributed by atoms with E-state index in [0.717, 1.165) is 27.5 Å². The molecule has 0 saturated carbocycles. The number of hydrazone groups is 1. The molecule has 0 aliphatic heterocycles. The standard InChI is InChI=1S/C22H18N4S/c1-2-26-19-9-5-3-7-16(19)17-13-15(11-12-20(17)26)14-23-25-22-24-18-8-4-6-10-21(18)27-22/h3-14H,2H2,1H3,(H,24,25)/b23-14-. The lowest BCUT2D eigenvalue weighted by atomic mass is 10.1. The van der Waals surface area contributed by atoms with Crippen molar-refractivity contribution in [3.8, 4) is 0 Å². The van der Waals surface area contributed by atoms with Crippen LogP contribution in [-0.2, 0) is 6.54 Å². The zero-order chi connectivity index (χ0) is 18.2. The Bertz CT molecular complexity index is 1260. The van der Waals surface area contributed by atoms with Crippen molar-refractivity contribution in [1.29, 1.82) is 0 Å². The Morgan fingerprint density at radius 3 is 2.70 bits per heavy atom. The van der Waals surface area contributed by atoms with Gasteiger partial charge in [-0.25, -0.2) is 4.98 Å². The zero-order valence-corrected chi connectivity index (χ0v) is 15.7. The fourth-order valence-corrected chi connectivity index (χ4v) is 4.39. The largest absolute Gasteiger partial charge is 0.341 e. The van der Waals surface area contributed by atoms with Gasteiger partial charge in [-0.05, 0) is 42.8 Å². The summed E-state index contributed by atoms with van der Waals surface area (Å²) in [5, 5.41) is 7.73. The molecule has 5 heteroatoms. The van der Waals surface area contributed by atoms with Crippen molar-refractivity contribution in [3.63, 3.8) is 0 Å². The van der Waals surface area contributed by atoms with E-state index in [0.29, 0.717) is 0 Å². The van der Waals surface area contributed by atoms with Gasteiger partial charge in [0.2, 0.25) is 5.13 Å². The third-order valence-corrected chi connectivity index (χ3v) is 5.72. The molecule has 5 rings (SSSR count). The maximum Gasteiger partial charge on any atom is 0.204 e. The second-order valence-electron chi connectivity index (χ2n) is 6.39. The van der Waals surface area contributed by atoms with Crippen molar-refractivity contribution in [2.75, 3.05) is 5.43 Å². The second kappa shape index (κ2) is 6.52. The van der Waals surface area contributed by atoms with Crippen molar-refractivity contribution in [1.82, 2.24) is 9.55 Å². The van der Waals surface area contributed by atoms with Crippen LogP contribution < -0.4 is 5.43 Å². The highest BCUT2D eigenvalue weighted by atomic mass is 32.1. The molecule has 5 aromatic rings. The molecule has 0 atom stereocenters. The molecular formula is C22H18N4S. The number of thiazole rings is 1. The molecule has 0 aliphatic carbocycles. The van der Waals surface area contributed by atoms with Crippen LogP contribution in [-0.4, -0.2) is 15.8 Å². The van der Waals surface area contributed by atoms with Crippen molar-refractivity contribution < 1.29 is 0 Å². The van der Waals surface area contributed by atoms with E-state index >= 15 is 0 Å². The first-order chi connectivity index (χ1) is 13.3. The summed E-state index contributed by atoms with van der Waals surface area (Å²) in [6, 6.07) is 23.1. The van der Waals surface area contributed by atoms with Gasteiger partial charge < -0.3 is 4.57 Å². The third kappa shape index (κ3) is 2.76. The Morgan fingerprint density at radius 1 is 1.00 bits per heavy atom. The number of anilines is 1. The van der Waals surface area contributed by atoms with Crippen molar-refractivity contribution in [3.05, 3.63) is 72.3 Å². The normalized spacial score (nSPS) is 11.9. The molecule has 132 valence electrons. The molecule has 0 saturated heterocycles. The summed E-state index contributed by atoms with van der Waals surface area (Å²) in [5.41, 5.74) is 7.65. The molecular weight excluding hydrogens is 352 g/mol. The highest BCUT2D eigenvalue weighted by Gasteiger charge is 2.09. The van der Waals surface area contributed by atoms with Crippen LogP contribution in [0.25, 0.3) is 32.0 Å². The van der Waals surface area contributed by atoms with Gasteiger partial charge in [0, 0.05) is 28.4 Å². The molecule has 3 aromatic carbocycles. The molecule has 4 nitrogen and oxygen atoms in total. The van der Waals surface area contributed by atoms with Crippen LogP contribution in [0, 0.1) is 0 Å². The van der Waals surface area contributed by atoms with Gasteiger partial charge in [-0.2, -0.15) is 5.10 Å². The van der Waals surface area contributed by atoms with E-state index in [9.17, 15) is 0 Å². The van der Waals surface area contributed by atoms with Gasteiger partial charge in [-0.15, -0.1) is 0 Å². The number of nitrogens with one attached hydrogen (secondary N) is 1. The smallest absolute Gasteiger partial charge is 0.204 e. The highest BCUT2D eigenvalue weighted by Crippen LogP contribution is 2.29. The molecule has 2 aromatic heterocycles. The van der Waals surface area contributed by atoms with Crippen LogP contribution in [0.4, 0.5) is 5.13 Å². The Hall–Kier alpha value is -3.18. The van der Waals surface area contributed by atoms with E-state index in [1.165, 1.54) is 21.8 Å². The number of benzene rings is 3. The molecule has 0 spiro atoms. The van der Waals surface area contributed by atoms with Crippen molar-refractivity contribution in [2.45, 2.75) is 13.5 Å². The van der Waals surface area contributed by atoms with Gasteiger partial charge in [0.1, 0.15) is 0 Å². The minimum Gasteiger partial charge on any atom is -0.341 e. The van der Waals surface area contributed by atoms with E-state index < -0.39 is 0 Å². The molecule has 2 heterocycles. The van der Waals surface area contributed by atoms with E-state index in [2.05, 4.69) is 75.5 Å². The van der Waals surface area contributed by atoms with Gasteiger partial charge in [0.05, 0.1) is 16.4 Å². The number of aromatic nitrogens is 2. The minimum absolute atomic E-state index is 0.802. The molecule has 1 N–H and O–H groups in total. The molecule has 27 heavy (non-hydrogen) atoms. The fraction of sp³-hybridized carbons (Fsp3) is 0.0909. The number of para-hydroxylation sites is 2. The van der Waals surface area contributed by atoms with E-state index in [1.807, 2.05) is 24.4 Å². The molecule has 0 unspecified atom stereocenters. The summed E-state index contributed by atoms with van der Waals surface area (Å²) in [4.78, 5) is 4.54. The molecule has 0 amide bonds. The SMILES string of the molecule is CCn1c2ccccc2c2cc(/C=N\Nc3nc4ccccc4s3)ccc21. The molecule has 0 bridgehead atoms. The lowest BCUT2D eigenvalue weighted by Gasteiger charge is -2.02. The van der Waals surface area contributed by atoms with Crippen LogP contribution in [0.3, 0.4) is 0 Å². The van der Waals surface area contributed by atoms with Crippen LogP contribution in [0.1, 0.15) is 12.5 Å². The Kier molecular flexibility index (Phi) is 3.87. The van der Waals surface area contributed by atoms with Crippen LogP contribution >= 0.6 is 11.3 Å². The summed E-state index contributed by atoms with van der Waals surface area (Å²) < 4.78 is 3.51. The Morgan fingerprint density at radius 2 is 1.81 bits per heavy atom. The van der Waals surface area contributed by atoms with E-state index in [-0.39, 0.29) is 0 Å². The first kappa shape index (κ1) is 16.0. The molecule has 0 radical (unpaired) electrons. The quantitative estimate of drug-likeness (QED) is 0.317. The predicted molar refractivity (Wildman–Crippen MR) is 116 cm³/mol. The summed E-state index contributed by atoms with van der Waals surface area (Å²) in [5.74, 6) is 0. The Labute approximate surface area is 160 Å². The van der Waals surface area contributed by atoms with Gasteiger partial charge >= 0.3 is 0 Å². The van der Waals surface area contributed by atoms with Crippen molar-refractivity contribution in [2.24, 2.45) is 5.10 Å². The minimum atomic E-state index is 0.802. The number of hydrogen-bond acceptors (Lipinski definition) is 4. The molecule has 0 aliphatic rings. The van der Waals surface area contributed by atoms with Crippen LogP contribution in [0.2, 0.25) is 0 Å². The fourth-order valence-electron chi connectivity index (χ4n) is 3.57. The number of aryl methyl sites for hydroxylation is 1.